The molecular formula is C23H32ClNO2. The Kier molecular flexibility index (Phi) is 7.90. The molecular weight excluding hydrogens is 358 g/mol. The fourth-order valence-electron chi connectivity index (χ4n) is 4.57. The molecule has 148 valence electrons. The minimum atomic E-state index is 0.199. The van der Waals surface area contributed by atoms with E-state index in [1.54, 1.807) is 12.1 Å². The first-order valence-corrected chi connectivity index (χ1v) is 11.0. The van der Waals surface area contributed by atoms with Gasteiger partial charge in [-0.05, 0) is 76.2 Å². The standard InChI is InChI=1S/C23H32ClNO2/c24-21-8-3-7-20(17-21)23(27)11-10-18-12-15-25(16-13-18)14-4-9-22(26)19-5-1-2-6-19/h3,7-8,17-19H,1-2,4-6,9-16H2. The lowest BCUT2D eigenvalue weighted by molar-refractivity contribution is -0.122. The number of likely N-dealkylation sites (tertiary alicyclic amines) is 1. The van der Waals surface area contributed by atoms with Crippen LogP contribution in [0.2, 0.25) is 5.02 Å². The van der Waals surface area contributed by atoms with Gasteiger partial charge in [-0.2, -0.15) is 0 Å². The van der Waals surface area contributed by atoms with Gasteiger partial charge in [0.25, 0.3) is 0 Å². The van der Waals surface area contributed by atoms with Gasteiger partial charge in [0, 0.05) is 29.3 Å². The summed E-state index contributed by atoms with van der Waals surface area (Å²) < 4.78 is 0. The molecule has 0 unspecified atom stereocenters. The Morgan fingerprint density at radius 2 is 1.78 bits per heavy atom. The molecule has 0 atom stereocenters. The first-order chi connectivity index (χ1) is 13.1. The van der Waals surface area contributed by atoms with Crippen LogP contribution in [0.25, 0.3) is 0 Å². The molecule has 3 rings (SSSR count). The zero-order valence-electron chi connectivity index (χ0n) is 16.3. The predicted molar refractivity (Wildman–Crippen MR) is 110 cm³/mol. The van der Waals surface area contributed by atoms with Crippen molar-refractivity contribution in [3.63, 3.8) is 0 Å². The van der Waals surface area contributed by atoms with Gasteiger partial charge in [-0.1, -0.05) is 36.6 Å². The van der Waals surface area contributed by atoms with Crippen LogP contribution in [0.15, 0.2) is 24.3 Å². The van der Waals surface area contributed by atoms with Crippen molar-refractivity contribution in [2.75, 3.05) is 19.6 Å². The molecule has 0 bridgehead atoms. The van der Waals surface area contributed by atoms with E-state index >= 15 is 0 Å². The van der Waals surface area contributed by atoms with Crippen LogP contribution in [-0.2, 0) is 4.79 Å². The molecule has 1 heterocycles. The molecule has 0 spiro atoms. The quantitative estimate of drug-likeness (QED) is 0.519. The van der Waals surface area contributed by atoms with Crippen molar-refractivity contribution in [2.24, 2.45) is 11.8 Å². The Labute approximate surface area is 168 Å². The minimum absolute atomic E-state index is 0.199. The van der Waals surface area contributed by atoms with Crippen LogP contribution in [0.4, 0.5) is 0 Å². The van der Waals surface area contributed by atoms with Crippen LogP contribution in [0.5, 0.6) is 0 Å². The average molecular weight is 390 g/mol. The molecule has 1 aliphatic heterocycles. The minimum Gasteiger partial charge on any atom is -0.303 e. The number of benzene rings is 1. The van der Waals surface area contributed by atoms with Crippen LogP contribution in [0.3, 0.4) is 0 Å². The van der Waals surface area contributed by atoms with E-state index in [9.17, 15) is 9.59 Å². The van der Waals surface area contributed by atoms with Crippen LogP contribution in [-0.4, -0.2) is 36.1 Å². The Morgan fingerprint density at radius 1 is 1.04 bits per heavy atom. The third-order valence-corrected chi connectivity index (χ3v) is 6.58. The second kappa shape index (κ2) is 10.4. The molecule has 27 heavy (non-hydrogen) atoms. The molecule has 0 radical (unpaired) electrons. The molecule has 4 heteroatoms. The lowest BCUT2D eigenvalue weighted by Gasteiger charge is -2.31. The van der Waals surface area contributed by atoms with E-state index in [0.29, 0.717) is 29.1 Å². The maximum Gasteiger partial charge on any atom is 0.162 e. The van der Waals surface area contributed by atoms with Gasteiger partial charge in [0.2, 0.25) is 0 Å². The number of halogens is 1. The van der Waals surface area contributed by atoms with Gasteiger partial charge in [0.05, 0.1) is 0 Å². The number of nitrogens with zero attached hydrogens (tertiary/aromatic N) is 1. The number of carbonyl (C=O) groups is 2. The lowest BCUT2D eigenvalue weighted by atomic mass is 9.90. The van der Waals surface area contributed by atoms with Crippen LogP contribution in [0.1, 0.15) is 74.6 Å². The smallest absolute Gasteiger partial charge is 0.162 e. The number of hydrogen-bond acceptors (Lipinski definition) is 3. The van der Waals surface area contributed by atoms with Crippen molar-refractivity contribution in [1.82, 2.24) is 4.90 Å². The molecule has 2 fully saturated rings. The molecule has 1 aromatic rings. The van der Waals surface area contributed by atoms with E-state index in [2.05, 4.69) is 4.90 Å². The number of Topliss-reactive ketones (excluding diaryl/α,β-unsaturated/α-hetero) is 2. The number of hydrogen-bond donors (Lipinski definition) is 0. The van der Waals surface area contributed by atoms with E-state index in [-0.39, 0.29) is 5.78 Å². The monoisotopic (exact) mass is 389 g/mol. The number of carbonyl (C=O) groups excluding carboxylic acids is 2. The predicted octanol–water partition coefficient (Wildman–Crippen LogP) is 5.55. The summed E-state index contributed by atoms with van der Waals surface area (Å²) in [5.74, 6) is 1.71. The van der Waals surface area contributed by atoms with E-state index in [0.717, 1.165) is 57.3 Å². The lowest BCUT2D eigenvalue weighted by Crippen LogP contribution is -2.34. The molecule has 0 N–H and O–H groups in total. The van der Waals surface area contributed by atoms with Crippen molar-refractivity contribution in [3.8, 4) is 0 Å². The largest absolute Gasteiger partial charge is 0.303 e. The number of piperidine rings is 1. The second-order valence-corrected chi connectivity index (χ2v) is 8.74. The second-order valence-electron chi connectivity index (χ2n) is 8.31. The van der Waals surface area contributed by atoms with E-state index in [1.165, 1.54) is 25.7 Å². The normalized spacial score (nSPS) is 19.4. The molecule has 0 aromatic heterocycles. The zero-order valence-corrected chi connectivity index (χ0v) is 17.1. The van der Waals surface area contributed by atoms with Crippen LogP contribution < -0.4 is 0 Å². The summed E-state index contributed by atoms with van der Waals surface area (Å²) in [5.41, 5.74) is 0.729. The maximum absolute atomic E-state index is 12.3. The van der Waals surface area contributed by atoms with Crippen molar-refractivity contribution >= 4 is 23.2 Å². The summed E-state index contributed by atoms with van der Waals surface area (Å²) in [4.78, 5) is 27.0. The summed E-state index contributed by atoms with van der Waals surface area (Å²) in [6.45, 7) is 3.26. The summed E-state index contributed by atoms with van der Waals surface area (Å²) in [5, 5.41) is 0.626. The fraction of sp³-hybridized carbons (Fsp3) is 0.652. The van der Waals surface area contributed by atoms with Crippen molar-refractivity contribution in [1.29, 1.82) is 0 Å². The number of rotatable bonds is 9. The number of ketones is 2. The Balaban J connectivity index is 1.29. The van der Waals surface area contributed by atoms with Gasteiger partial charge in [0.1, 0.15) is 5.78 Å². The highest BCUT2D eigenvalue weighted by Crippen LogP contribution is 2.27. The molecule has 3 nitrogen and oxygen atoms in total. The zero-order chi connectivity index (χ0) is 19.1. The van der Waals surface area contributed by atoms with Gasteiger partial charge < -0.3 is 4.90 Å². The SMILES string of the molecule is O=C(CCC1CCN(CCCC(=O)C2CCCC2)CC1)c1cccc(Cl)c1. The topological polar surface area (TPSA) is 37.4 Å². The average Bonchev–Trinajstić information content (AvgIpc) is 3.22. The van der Waals surface area contributed by atoms with Gasteiger partial charge in [-0.3, -0.25) is 9.59 Å². The molecule has 1 aliphatic carbocycles. The molecule has 0 amide bonds. The fourth-order valence-corrected chi connectivity index (χ4v) is 4.76. The highest BCUT2D eigenvalue weighted by molar-refractivity contribution is 6.31. The van der Waals surface area contributed by atoms with E-state index < -0.39 is 0 Å². The summed E-state index contributed by atoms with van der Waals surface area (Å²) in [6.07, 6.45) is 10.4. The van der Waals surface area contributed by atoms with Crippen LogP contribution >= 0.6 is 11.6 Å². The molecule has 2 aliphatic rings. The third-order valence-electron chi connectivity index (χ3n) is 6.34. The maximum atomic E-state index is 12.3. The van der Waals surface area contributed by atoms with Crippen LogP contribution in [0, 0.1) is 11.8 Å². The highest BCUT2D eigenvalue weighted by Gasteiger charge is 2.23. The van der Waals surface area contributed by atoms with Gasteiger partial charge in [0.15, 0.2) is 5.78 Å². The summed E-state index contributed by atoms with van der Waals surface area (Å²) in [7, 11) is 0. The first-order valence-electron chi connectivity index (χ1n) is 10.7. The Morgan fingerprint density at radius 3 is 2.48 bits per heavy atom. The van der Waals surface area contributed by atoms with Crippen molar-refractivity contribution in [2.45, 2.75) is 64.2 Å². The highest BCUT2D eigenvalue weighted by atomic mass is 35.5. The van der Waals surface area contributed by atoms with Crippen molar-refractivity contribution < 1.29 is 9.59 Å². The first kappa shape index (κ1) is 20.5. The third kappa shape index (κ3) is 6.43. The van der Waals surface area contributed by atoms with Gasteiger partial charge >= 0.3 is 0 Å². The van der Waals surface area contributed by atoms with E-state index in [1.807, 2.05) is 12.1 Å². The van der Waals surface area contributed by atoms with Gasteiger partial charge in [-0.25, -0.2) is 0 Å². The molecule has 1 saturated carbocycles. The Bertz CT molecular complexity index is 631. The van der Waals surface area contributed by atoms with E-state index in [4.69, 9.17) is 11.6 Å². The summed E-state index contributed by atoms with van der Waals surface area (Å²) in [6, 6.07) is 7.25. The summed E-state index contributed by atoms with van der Waals surface area (Å²) >= 11 is 5.97. The molecule has 1 saturated heterocycles. The van der Waals surface area contributed by atoms with Crippen molar-refractivity contribution in [3.05, 3.63) is 34.9 Å². The van der Waals surface area contributed by atoms with Gasteiger partial charge in [-0.15, -0.1) is 0 Å². The Hall–Kier alpha value is -1.19. The molecule has 1 aromatic carbocycles.